The Labute approximate surface area is 152 Å². The number of hydrogen-bond acceptors (Lipinski definition) is 4. The lowest BCUT2D eigenvalue weighted by molar-refractivity contribution is -0.127. The van der Waals surface area contributed by atoms with Crippen molar-refractivity contribution in [2.45, 2.75) is 18.4 Å². The Hall–Kier alpha value is -2.99. The quantitative estimate of drug-likeness (QED) is 0.788. The zero-order valence-electron chi connectivity index (χ0n) is 14.9. The van der Waals surface area contributed by atoms with Gasteiger partial charge in [0.2, 0.25) is 5.91 Å². The van der Waals surface area contributed by atoms with Crippen molar-refractivity contribution in [2.24, 2.45) is 0 Å². The van der Waals surface area contributed by atoms with Crippen LogP contribution in [-0.2, 0) is 16.8 Å². The van der Waals surface area contributed by atoms with E-state index in [0.29, 0.717) is 0 Å². The third-order valence-corrected chi connectivity index (χ3v) is 5.17. The fourth-order valence-corrected chi connectivity index (χ4v) is 3.77. The van der Waals surface area contributed by atoms with Gasteiger partial charge in [0.15, 0.2) is 0 Å². The van der Waals surface area contributed by atoms with Gasteiger partial charge >= 0.3 is 0 Å². The summed E-state index contributed by atoms with van der Waals surface area (Å²) in [6, 6.07) is 15.8. The van der Waals surface area contributed by atoms with Crippen molar-refractivity contribution >= 4 is 11.6 Å². The van der Waals surface area contributed by atoms with E-state index in [1.54, 1.807) is 11.0 Å². The van der Waals surface area contributed by atoms with E-state index in [1.807, 2.05) is 55.4 Å². The molecule has 2 aromatic carbocycles. The molecule has 3 aromatic rings. The molecule has 0 saturated carbocycles. The van der Waals surface area contributed by atoms with E-state index < -0.39 is 5.54 Å². The highest BCUT2D eigenvalue weighted by atomic mass is 16.2. The number of nitrogens with zero attached hydrogens (tertiary/aromatic N) is 4. The van der Waals surface area contributed by atoms with Crippen LogP contribution in [0.4, 0.5) is 5.69 Å². The fourth-order valence-electron chi connectivity index (χ4n) is 3.77. The summed E-state index contributed by atoms with van der Waals surface area (Å²) in [7, 11) is 3.94. The predicted octanol–water partition coefficient (Wildman–Crippen LogP) is 2.61. The lowest BCUT2D eigenvalue weighted by Crippen LogP contribution is -2.49. The van der Waals surface area contributed by atoms with Crippen molar-refractivity contribution < 1.29 is 4.79 Å². The number of aromatic nitrogens is 3. The monoisotopic (exact) mass is 347 g/mol. The molecule has 0 spiro atoms. The van der Waals surface area contributed by atoms with Crippen LogP contribution >= 0.6 is 0 Å². The molecule has 6 heteroatoms. The van der Waals surface area contributed by atoms with Gasteiger partial charge < -0.3 is 5.32 Å². The molecule has 1 aliphatic rings. The molecule has 0 fully saturated rings. The van der Waals surface area contributed by atoms with Crippen molar-refractivity contribution in [3.05, 3.63) is 72.3 Å². The van der Waals surface area contributed by atoms with Crippen LogP contribution in [0.25, 0.3) is 5.69 Å². The maximum Gasteiger partial charge on any atom is 0.249 e. The van der Waals surface area contributed by atoms with Crippen molar-refractivity contribution in [3.63, 3.8) is 0 Å². The van der Waals surface area contributed by atoms with Crippen molar-refractivity contribution in [3.8, 4) is 5.69 Å². The molecular weight excluding hydrogens is 326 g/mol. The van der Waals surface area contributed by atoms with E-state index in [2.05, 4.69) is 27.5 Å². The fraction of sp³-hybridized carbons (Fsp3) is 0.250. The van der Waals surface area contributed by atoms with Gasteiger partial charge in [0.25, 0.3) is 0 Å². The predicted molar refractivity (Wildman–Crippen MR) is 100 cm³/mol. The Bertz CT molecular complexity index is 918. The normalized spacial score (nSPS) is 18.7. The Balaban J connectivity index is 1.61. The molecule has 1 atom stereocenters. The highest BCUT2D eigenvalue weighted by Gasteiger charge is 2.47. The van der Waals surface area contributed by atoms with E-state index in [4.69, 9.17) is 0 Å². The van der Waals surface area contributed by atoms with Crippen LogP contribution in [0.5, 0.6) is 0 Å². The number of hydrogen-bond donors (Lipinski definition) is 1. The van der Waals surface area contributed by atoms with Gasteiger partial charge in [-0.1, -0.05) is 24.3 Å². The summed E-state index contributed by atoms with van der Waals surface area (Å²) in [5, 5.41) is 7.20. The third-order valence-electron chi connectivity index (χ3n) is 5.17. The lowest BCUT2D eigenvalue weighted by Gasteiger charge is -2.35. The molecule has 0 radical (unpaired) electrons. The Morgan fingerprint density at radius 2 is 1.92 bits per heavy atom. The van der Waals surface area contributed by atoms with Gasteiger partial charge in [0.1, 0.15) is 18.2 Å². The molecule has 1 heterocycles. The van der Waals surface area contributed by atoms with Crippen LogP contribution < -0.4 is 5.32 Å². The van der Waals surface area contributed by atoms with E-state index in [0.717, 1.165) is 29.8 Å². The molecule has 132 valence electrons. The number of amides is 1. The molecule has 1 N–H and O–H groups in total. The molecule has 26 heavy (non-hydrogen) atoms. The maximum absolute atomic E-state index is 13.3. The SMILES string of the molecule is CN(C)C1(C(=O)Nc2ccc(-n3cncn3)cc2)CCc2ccccc21. The number of likely N-dealkylation sites (N-methyl/N-ethyl adjacent to an activating group) is 1. The van der Waals surface area contributed by atoms with E-state index in [-0.39, 0.29) is 5.91 Å². The first-order valence-corrected chi connectivity index (χ1v) is 8.63. The summed E-state index contributed by atoms with van der Waals surface area (Å²) < 4.78 is 1.68. The number of benzene rings is 2. The number of fused-ring (bicyclic) bond motifs is 1. The van der Waals surface area contributed by atoms with Gasteiger partial charge in [-0.25, -0.2) is 9.67 Å². The molecule has 0 aliphatic heterocycles. The standard InChI is InChI=1S/C20H21N5O/c1-24(2)20(12-11-15-5-3-4-6-18(15)20)19(26)23-16-7-9-17(10-8-16)25-14-21-13-22-25/h3-10,13-14H,11-12H2,1-2H3,(H,23,26). The summed E-state index contributed by atoms with van der Waals surface area (Å²) in [4.78, 5) is 19.2. The second kappa shape index (κ2) is 6.38. The second-order valence-corrected chi connectivity index (χ2v) is 6.75. The van der Waals surface area contributed by atoms with Crippen molar-refractivity contribution in [2.75, 3.05) is 19.4 Å². The topological polar surface area (TPSA) is 63.1 Å². The average molecular weight is 347 g/mol. The van der Waals surface area contributed by atoms with Crippen LogP contribution in [0.2, 0.25) is 0 Å². The van der Waals surface area contributed by atoms with E-state index >= 15 is 0 Å². The van der Waals surface area contributed by atoms with Crippen LogP contribution in [0.3, 0.4) is 0 Å². The smallest absolute Gasteiger partial charge is 0.249 e. The molecule has 1 amide bonds. The number of anilines is 1. The van der Waals surface area contributed by atoms with Gasteiger partial charge in [0.05, 0.1) is 5.69 Å². The lowest BCUT2D eigenvalue weighted by atomic mass is 9.89. The number of nitrogens with one attached hydrogen (secondary N) is 1. The first-order valence-electron chi connectivity index (χ1n) is 8.63. The highest BCUT2D eigenvalue weighted by Crippen LogP contribution is 2.41. The summed E-state index contributed by atoms with van der Waals surface area (Å²) in [6.45, 7) is 0. The minimum atomic E-state index is -0.638. The molecule has 4 rings (SSSR count). The number of carbonyl (C=O) groups is 1. The molecule has 1 aromatic heterocycles. The first-order chi connectivity index (χ1) is 12.6. The largest absolute Gasteiger partial charge is 0.324 e. The summed E-state index contributed by atoms with van der Waals surface area (Å²) >= 11 is 0. The highest BCUT2D eigenvalue weighted by molar-refractivity contribution is 5.99. The molecule has 6 nitrogen and oxygen atoms in total. The first kappa shape index (κ1) is 16.5. The Kier molecular flexibility index (Phi) is 4.05. The van der Waals surface area contributed by atoms with Gasteiger partial charge in [0, 0.05) is 5.69 Å². The molecular formula is C20H21N5O. The minimum absolute atomic E-state index is 0.000885. The van der Waals surface area contributed by atoms with Crippen LogP contribution in [0, 0.1) is 0 Å². The van der Waals surface area contributed by atoms with Crippen molar-refractivity contribution in [1.29, 1.82) is 0 Å². The zero-order valence-corrected chi connectivity index (χ0v) is 14.9. The van der Waals surface area contributed by atoms with Gasteiger partial charge in [-0.2, -0.15) is 5.10 Å². The van der Waals surface area contributed by atoms with Crippen LogP contribution in [0.15, 0.2) is 61.2 Å². The van der Waals surface area contributed by atoms with Gasteiger partial charge in [-0.05, 0) is 62.3 Å². The average Bonchev–Trinajstić information content (AvgIpc) is 3.31. The summed E-state index contributed by atoms with van der Waals surface area (Å²) in [5.41, 5.74) is 3.37. The van der Waals surface area contributed by atoms with Crippen molar-refractivity contribution in [1.82, 2.24) is 19.7 Å². The van der Waals surface area contributed by atoms with E-state index in [9.17, 15) is 4.79 Å². The zero-order chi connectivity index (χ0) is 18.1. The third kappa shape index (κ3) is 2.59. The molecule has 0 bridgehead atoms. The molecule has 1 unspecified atom stereocenters. The van der Waals surface area contributed by atoms with Gasteiger partial charge in [-0.15, -0.1) is 0 Å². The molecule has 1 aliphatic carbocycles. The summed E-state index contributed by atoms with van der Waals surface area (Å²) in [5.74, 6) is 0.000885. The number of carbonyl (C=O) groups excluding carboxylic acids is 1. The number of rotatable bonds is 4. The summed E-state index contributed by atoms with van der Waals surface area (Å²) in [6.07, 6.45) is 4.83. The number of aryl methyl sites for hydroxylation is 1. The minimum Gasteiger partial charge on any atom is -0.324 e. The molecule has 0 saturated heterocycles. The Morgan fingerprint density at radius 1 is 1.15 bits per heavy atom. The Morgan fingerprint density at radius 3 is 2.62 bits per heavy atom. The van der Waals surface area contributed by atoms with E-state index in [1.165, 1.54) is 11.9 Å². The van der Waals surface area contributed by atoms with Crippen LogP contribution in [0.1, 0.15) is 17.5 Å². The maximum atomic E-state index is 13.3. The van der Waals surface area contributed by atoms with Crippen LogP contribution in [-0.4, -0.2) is 39.7 Å². The second-order valence-electron chi connectivity index (χ2n) is 6.75. The van der Waals surface area contributed by atoms with Gasteiger partial charge in [-0.3, -0.25) is 9.69 Å².